The quantitative estimate of drug-likeness (QED) is 0.330. The van der Waals surface area contributed by atoms with Gasteiger partial charge in [0.2, 0.25) is 11.8 Å². The zero-order valence-electron chi connectivity index (χ0n) is 11.4. The first kappa shape index (κ1) is 15.0. The highest BCUT2D eigenvalue weighted by atomic mass is 16.2. The first-order valence-electron chi connectivity index (χ1n) is 6.59. The largest absolute Gasteiger partial charge is 0.341 e. The molecule has 21 heavy (non-hydrogen) atoms. The lowest BCUT2D eigenvalue weighted by Crippen LogP contribution is -2.46. The lowest BCUT2D eigenvalue weighted by Gasteiger charge is -2.31. The smallest absolute Gasteiger partial charge is 0.328 e. The highest BCUT2D eigenvalue weighted by molar-refractivity contribution is 5.79. The standard InChI is InChI=1S/C12H17N5O4/c13-15-11(20)8-1-4-16(5-2-8)10(19)7-17-6-3-9(18)14-12(17)21/h3,6,8H,1-2,4-5,7,13H2,(H,15,20)(H,14,18,21). The summed E-state index contributed by atoms with van der Waals surface area (Å²) in [5, 5.41) is 0. The second kappa shape index (κ2) is 6.35. The number of nitrogens with zero attached hydrogens (tertiary/aromatic N) is 2. The number of carbonyl (C=O) groups is 2. The molecule has 114 valence electrons. The van der Waals surface area contributed by atoms with Gasteiger partial charge in [-0.2, -0.15) is 0 Å². The summed E-state index contributed by atoms with van der Waals surface area (Å²) in [6.07, 6.45) is 2.36. The van der Waals surface area contributed by atoms with Crippen LogP contribution >= 0.6 is 0 Å². The van der Waals surface area contributed by atoms with Crippen molar-refractivity contribution < 1.29 is 9.59 Å². The van der Waals surface area contributed by atoms with Crippen molar-refractivity contribution in [1.82, 2.24) is 19.9 Å². The van der Waals surface area contributed by atoms with Crippen molar-refractivity contribution >= 4 is 11.8 Å². The predicted molar refractivity (Wildman–Crippen MR) is 73.0 cm³/mol. The van der Waals surface area contributed by atoms with Crippen molar-refractivity contribution in [2.75, 3.05) is 13.1 Å². The van der Waals surface area contributed by atoms with E-state index in [9.17, 15) is 19.2 Å². The second-order valence-corrected chi connectivity index (χ2v) is 4.90. The number of hydrazine groups is 1. The van der Waals surface area contributed by atoms with E-state index in [0.29, 0.717) is 25.9 Å². The molecule has 1 aromatic heterocycles. The van der Waals surface area contributed by atoms with Crippen LogP contribution in [-0.2, 0) is 16.1 Å². The van der Waals surface area contributed by atoms with Crippen molar-refractivity contribution in [3.05, 3.63) is 33.1 Å². The Morgan fingerprint density at radius 3 is 2.57 bits per heavy atom. The Kier molecular flexibility index (Phi) is 4.53. The lowest BCUT2D eigenvalue weighted by atomic mass is 9.96. The van der Waals surface area contributed by atoms with Crippen LogP contribution in [0.5, 0.6) is 0 Å². The van der Waals surface area contributed by atoms with Gasteiger partial charge in [-0.25, -0.2) is 10.6 Å². The van der Waals surface area contributed by atoms with Gasteiger partial charge in [-0.15, -0.1) is 0 Å². The molecule has 0 aliphatic carbocycles. The summed E-state index contributed by atoms with van der Waals surface area (Å²) in [6, 6.07) is 1.19. The van der Waals surface area contributed by atoms with E-state index in [1.165, 1.54) is 12.3 Å². The molecule has 1 saturated heterocycles. The van der Waals surface area contributed by atoms with Gasteiger partial charge in [0.15, 0.2) is 0 Å². The molecule has 9 heteroatoms. The number of likely N-dealkylation sites (tertiary alicyclic amines) is 1. The summed E-state index contributed by atoms with van der Waals surface area (Å²) in [5.41, 5.74) is 0.990. The third kappa shape index (κ3) is 3.57. The average molecular weight is 295 g/mol. The minimum absolute atomic E-state index is 0.136. The maximum Gasteiger partial charge on any atom is 0.328 e. The molecule has 2 rings (SSSR count). The maximum absolute atomic E-state index is 12.1. The van der Waals surface area contributed by atoms with E-state index >= 15 is 0 Å². The van der Waals surface area contributed by atoms with E-state index in [1.807, 2.05) is 0 Å². The first-order valence-corrected chi connectivity index (χ1v) is 6.59. The van der Waals surface area contributed by atoms with Gasteiger partial charge in [0.25, 0.3) is 5.56 Å². The molecule has 1 fully saturated rings. The summed E-state index contributed by atoms with van der Waals surface area (Å²) >= 11 is 0. The van der Waals surface area contributed by atoms with Crippen molar-refractivity contribution in [3.8, 4) is 0 Å². The number of amides is 2. The Morgan fingerprint density at radius 1 is 1.33 bits per heavy atom. The number of hydrogen-bond acceptors (Lipinski definition) is 5. The Hall–Kier alpha value is -2.42. The molecule has 0 atom stereocenters. The molecular formula is C12H17N5O4. The molecule has 0 radical (unpaired) electrons. The summed E-state index contributed by atoms with van der Waals surface area (Å²) in [5.74, 6) is 4.45. The van der Waals surface area contributed by atoms with Gasteiger partial charge in [0, 0.05) is 31.3 Å². The Morgan fingerprint density at radius 2 is 2.00 bits per heavy atom. The van der Waals surface area contributed by atoms with E-state index in [1.54, 1.807) is 4.90 Å². The number of aromatic nitrogens is 2. The zero-order valence-corrected chi connectivity index (χ0v) is 11.4. The highest BCUT2D eigenvalue weighted by Crippen LogP contribution is 2.17. The first-order chi connectivity index (χ1) is 10.0. The second-order valence-electron chi connectivity index (χ2n) is 4.90. The van der Waals surface area contributed by atoms with Gasteiger partial charge in [0.1, 0.15) is 6.54 Å². The zero-order chi connectivity index (χ0) is 15.4. The average Bonchev–Trinajstić information content (AvgIpc) is 2.49. The molecule has 1 aromatic rings. The maximum atomic E-state index is 12.1. The van der Waals surface area contributed by atoms with Gasteiger partial charge in [0.05, 0.1) is 0 Å². The van der Waals surface area contributed by atoms with E-state index < -0.39 is 11.2 Å². The van der Waals surface area contributed by atoms with Gasteiger partial charge in [-0.05, 0) is 12.8 Å². The van der Waals surface area contributed by atoms with Crippen molar-refractivity contribution in [2.45, 2.75) is 19.4 Å². The molecule has 0 unspecified atom stereocenters. The summed E-state index contributed by atoms with van der Waals surface area (Å²) in [4.78, 5) is 49.6. The summed E-state index contributed by atoms with van der Waals surface area (Å²) in [7, 11) is 0. The third-order valence-electron chi connectivity index (χ3n) is 3.56. The Labute approximate surface area is 119 Å². The summed E-state index contributed by atoms with van der Waals surface area (Å²) in [6.45, 7) is 0.743. The van der Waals surface area contributed by atoms with Crippen molar-refractivity contribution in [3.63, 3.8) is 0 Å². The number of carbonyl (C=O) groups excluding carboxylic acids is 2. The van der Waals surface area contributed by atoms with Crippen LogP contribution in [0.4, 0.5) is 0 Å². The molecule has 2 amide bonds. The van der Waals surface area contributed by atoms with Gasteiger partial charge < -0.3 is 4.90 Å². The van der Waals surface area contributed by atoms with E-state index in [2.05, 4.69) is 10.4 Å². The minimum Gasteiger partial charge on any atom is -0.341 e. The molecule has 0 spiro atoms. The van der Waals surface area contributed by atoms with Crippen LogP contribution in [0, 0.1) is 5.92 Å². The van der Waals surface area contributed by atoms with Crippen LogP contribution in [0.25, 0.3) is 0 Å². The number of nitrogens with one attached hydrogen (secondary N) is 2. The molecule has 4 N–H and O–H groups in total. The van der Waals surface area contributed by atoms with Crippen LogP contribution in [0.15, 0.2) is 21.9 Å². The predicted octanol–water partition coefficient (Wildman–Crippen LogP) is -2.23. The molecule has 2 heterocycles. The fourth-order valence-corrected chi connectivity index (χ4v) is 2.32. The van der Waals surface area contributed by atoms with Crippen LogP contribution in [0.1, 0.15) is 12.8 Å². The minimum atomic E-state index is -0.617. The van der Waals surface area contributed by atoms with Gasteiger partial charge in [-0.1, -0.05) is 0 Å². The fourth-order valence-electron chi connectivity index (χ4n) is 2.32. The fraction of sp³-hybridized carbons (Fsp3) is 0.500. The number of piperidine rings is 1. The molecule has 0 saturated carbocycles. The van der Waals surface area contributed by atoms with Crippen LogP contribution < -0.4 is 22.5 Å². The molecule has 0 aromatic carbocycles. The van der Waals surface area contributed by atoms with E-state index in [0.717, 1.165) is 4.57 Å². The Bertz CT molecular complexity index is 642. The van der Waals surface area contributed by atoms with Crippen LogP contribution in [0.3, 0.4) is 0 Å². The number of H-pyrrole nitrogens is 1. The van der Waals surface area contributed by atoms with E-state index in [4.69, 9.17) is 5.84 Å². The van der Waals surface area contributed by atoms with E-state index in [-0.39, 0.29) is 24.3 Å². The monoisotopic (exact) mass is 295 g/mol. The van der Waals surface area contributed by atoms with Crippen molar-refractivity contribution in [1.29, 1.82) is 0 Å². The molecule has 0 bridgehead atoms. The number of aromatic amines is 1. The number of hydrogen-bond donors (Lipinski definition) is 3. The normalized spacial score (nSPS) is 15.8. The highest BCUT2D eigenvalue weighted by Gasteiger charge is 2.26. The Balaban J connectivity index is 1.95. The number of rotatable bonds is 3. The molecule has 1 aliphatic rings. The van der Waals surface area contributed by atoms with Gasteiger partial charge in [-0.3, -0.25) is 29.4 Å². The van der Waals surface area contributed by atoms with Crippen molar-refractivity contribution in [2.24, 2.45) is 11.8 Å². The number of nitrogens with two attached hydrogens (primary N) is 1. The SMILES string of the molecule is NNC(=O)C1CCN(C(=O)Cn2ccc(=O)[nH]c2=O)CC1. The third-order valence-corrected chi connectivity index (χ3v) is 3.56. The summed E-state index contributed by atoms with van der Waals surface area (Å²) < 4.78 is 1.14. The topological polar surface area (TPSA) is 130 Å². The van der Waals surface area contributed by atoms with Gasteiger partial charge >= 0.3 is 5.69 Å². The molecule has 1 aliphatic heterocycles. The van der Waals surface area contributed by atoms with Crippen LogP contribution in [0.2, 0.25) is 0 Å². The van der Waals surface area contributed by atoms with Crippen LogP contribution in [-0.4, -0.2) is 39.4 Å². The molecular weight excluding hydrogens is 278 g/mol. The lowest BCUT2D eigenvalue weighted by molar-refractivity contribution is -0.136. The molecule has 9 nitrogen and oxygen atoms in total.